The zero-order valence-electron chi connectivity index (χ0n) is 22.4. The second-order valence-corrected chi connectivity index (χ2v) is 11.7. The summed E-state index contributed by atoms with van der Waals surface area (Å²) in [5.74, 6) is 0. The van der Waals surface area contributed by atoms with Gasteiger partial charge >= 0.3 is 12.4 Å². The van der Waals surface area contributed by atoms with Gasteiger partial charge in [-0.05, 0) is 82.9 Å². The minimum atomic E-state index is -4.45. The molecule has 0 aliphatic carbocycles. The van der Waals surface area contributed by atoms with Crippen molar-refractivity contribution in [1.29, 1.82) is 10.5 Å². The standard InChI is InChI=1S/C34H18F6N2S2/c35-33(36,37)27-9-5-21(6-10-27)25(19-41)17-29-13-15-31(43-29)23-1-2-24(4-3-23)32-16-14-30(44-32)18-26(20-42)22-7-11-28(12-8-22)34(38,39)40/h1-18H/b25-17+,26-18+. The molecule has 5 aromatic rings. The molecule has 218 valence electrons. The fourth-order valence-electron chi connectivity index (χ4n) is 4.29. The average Bonchev–Trinajstić information content (AvgIpc) is 3.68. The van der Waals surface area contributed by atoms with Crippen LogP contribution in [-0.4, -0.2) is 0 Å². The van der Waals surface area contributed by atoms with E-state index in [1.165, 1.54) is 46.9 Å². The molecule has 10 heteroatoms. The van der Waals surface area contributed by atoms with Crippen molar-refractivity contribution in [3.05, 3.63) is 129 Å². The molecule has 2 nitrogen and oxygen atoms in total. The number of alkyl halides is 6. The number of nitrogens with zero attached hydrogens (tertiary/aromatic N) is 2. The Morgan fingerprint density at radius 2 is 0.841 bits per heavy atom. The van der Waals surface area contributed by atoms with Crippen molar-refractivity contribution in [3.8, 4) is 33.0 Å². The number of allylic oxidation sites excluding steroid dienone is 2. The Labute approximate surface area is 256 Å². The summed E-state index contributed by atoms with van der Waals surface area (Å²) >= 11 is 2.88. The second-order valence-electron chi connectivity index (χ2n) is 9.47. The topological polar surface area (TPSA) is 47.6 Å². The van der Waals surface area contributed by atoms with E-state index >= 15 is 0 Å². The molecular formula is C34H18F6N2S2. The first-order valence-corrected chi connectivity index (χ1v) is 14.5. The largest absolute Gasteiger partial charge is 0.416 e. The molecule has 0 radical (unpaired) electrons. The van der Waals surface area contributed by atoms with E-state index < -0.39 is 23.5 Å². The van der Waals surface area contributed by atoms with Crippen LogP contribution >= 0.6 is 22.7 Å². The molecular weight excluding hydrogens is 615 g/mol. The van der Waals surface area contributed by atoms with Crippen LogP contribution in [0.15, 0.2) is 97.1 Å². The third-order valence-electron chi connectivity index (χ3n) is 6.57. The highest BCUT2D eigenvalue weighted by Crippen LogP contribution is 2.36. The van der Waals surface area contributed by atoms with E-state index in [2.05, 4.69) is 12.1 Å². The number of hydrogen-bond acceptors (Lipinski definition) is 4. The molecule has 0 fully saturated rings. The Morgan fingerprint density at radius 3 is 1.14 bits per heavy atom. The van der Waals surface area contributed by atoms with Gasteiger partial charge in [0, 0.05) is 19.5 Å². The highest BCUT2D eigenvalue weighted by atomic mass is 32.1. The Kier molecular flexibility index (Phi) is 8.59. The van der Waals surface area contributed by atoms with E-state index in [9.17, 15) is 36.9 Å². The van der Waals surface area contributed by atoms with Crippen molar-refractivity contribution in [2.24, 2.45) is 0 Å². The minimum absolute atomic E-state index is 0.253. The molecule has 2 heterocycles. The highest BCUT2D eigenvalue weighted by Gasteiger charge is 2.30. The molecule has 44 heavy (non-hydrogen) atoms. The average molecular weight is 633 g/mol. The molecule has 0 unspecified atom stereocenters. The van der Waals surface area contributed by atoms with Gasteiger partial charge in [0.25, 0.3) is 0 Å². The molecule has 0 saturated heterocycles. The van der Waals surface area contributed by atoms with E-state index in [1.54, 1.807) is 12.2 Å². The number of hydrogen-bond donors (Lipinski definition) is 0. The number of benzene rings is 3. The number of nitriles is 2. The zero-order valence-corrected chi connectivity index (χ0v) is 24.0. The normalized spacial score (nSPS) is 12.5. The fraction of sp³-hybridized carbons (Fsp3) is 0.0588. The van der Waals surface area contributed by atoms with Gasteiger partial charge in [-0.25, -0.2) is 0 Å². The van der Waals surface area contributed by atoms with Crippen LogP contribution in [0.5, 0.6) is 0 Å². The van der Waals surface area contributed by atoms with Crippen molar-refractivity contribution in [1.82, 2.24) is 0 Å². The maximum absolute atomic E-state index is 12.9. The van der Waals surface area contributed by atoms with Crippen LogP contribution in [-0.2, 0) is 12.4 Å². The summed E-state index contributed by atoms with van der Waals surface area (Å²) in [6, 6.07) is 28.4. The fourth-order valence-corrected chi connectivity index (χ4v) is 6.21. The summed E-state index contributed by atoms with van der Waals surface area (Å²) in [5.41, 5.74) is 1.62. The monoisotopic (exact) mass is 632 g/mol. The maximum atomic E-state index is 12.9. The van der Waals surface area contributed by atoms with Crippen LogP contribution in [0, 0.1) is 22.7 Å². The predicted octanol–water partition coefficient (Wildman–Crippen LogP) is 11.3. The van der Waals surface area contributed by atoms with Crippen LogP contribution in [0.25, 0.3) is 44.2 Å². The van der Waals surface area contributed by atoms with Crippen molar-refractivity contribution < 1.29 is 26.3 Å². The minimum Gasteiger partial charge on any atom is -0.192 e. The van der Waals surface area contributed by atoms with Crippen LogP contribution in [0.4, 0.5) is 26.3 Å². The van der Waals surface area contributed by atoms with Crippen LogP contribution in [0.3, 0.4) is 0 Å². The number of rotatable bonds is 6. The molecule has 0 bridgehead atoms. The van der Waals surface area contributed by atoms with E-state index in [-0.39, 0.29) is 11.1 Å². The van der Waals surface area contributed by atoms with E-state index in [1.807, 2.05) is 48.5 Å². The molecule has 5 rings (SSSR count). The quantitative estimate of drug-likeness (QED) is 0.138. The van der Waals surface area contributed by atoms with Gasteiger partial charge in [-0.2, -0.15) is 36.9 Å². The lowest BCUT2D eigenvalue weighted by Crippen LogP contribution is -2.04. The SMILES string of the molecule is N#C/C(=C\c1ccc(-c2ccc(-c3ccc(/C=C(\C#N)c4ccc(C(F)(F)F)cc4)s3)cc2)s1)c1ccc(C(F)(F)F)cc1. The van der Waals surface area contributed by atoms with Gasteiger partial charge < -0.3 is 0 Å². The van der Waals surface area contributed by atoms with Gasteiger partial charge in [-0.1, -0.05) is 48.5 Å². The van der Waals surface area contributed by atoms with Crippen molar-refractivity contribution >= 4 is 46.0 Å². The Morgan fingerprint density at radius 1 is 0.500 bits per heavy atom. The van der Waals surface area contributed by atoms with Crippen molar-refractivity contribution in [2.75, 3.05) is 0 Å². The molecule has 2 aromatic heterocycles. The predicted molar refractivity (Wildman–Crippen MR) is 163 cm³/mol. The zero-order chi connectivity index (χ0) is 31.5. The van der Waals surface area contributed by atoms with Gasteiger partial charge in [-0.15, -0.1) is 22.7 Å². The summed E-state index contributed by atoms with van der Waals surface area (Å²) < 4.78 is 77.2. The van der Waals surface area contributed by atoms with Gasteiger partial charge in [0.1, 0.15) is 0 Å². The highest BCUT2D eigenvalue weighted by molar-refractivity contribution is 7.16. The van der Waals surface area contributed by atoms with E-state index in [4.69, 9.17) is 0 Å². The van der Waals surface area contributed by atoms with Gasteiger partial charge in [0.05, 0.1) is 34.4 Å². The van der Waals surface area contributed by atoms with Crippen LogP contribution in [0.2, 0.25) is 0 Å². The Bertz CT molecular complexity index is 1780. The Hall–Kier alpha value is -4.90. The van der Waals surface area contributed by atoms with Crippen molar-refractivity contribution in [2.45, 2.75) is 12.4 Å². The Balaban J connectivity index is 1.31. The number of thiophene rings is 2. The van der Waals surface area contributed by atoms with Crippen LogP contribution < -0.4 is 0 Å². The first kappa shape index (κ1) is 30.6. The second kappa shape index (κ2) is 12.4. The summed E-state index contributed by atoms with van der Waals surface area (Å²) in [6.45, 7) is 0. The lowest BCUT2D eigenvalue weighted by atomic mass is 10.0. The molecule has 0 spiro atoms. The first-order chi connectivity index (χ1) is 20.9. The molecule has 0 saturated carbocycles. The molecule has 0 aliphatic rings. The smallest absolute Gasteiger partial charge is 0.192 e. The third-order valence-corrected chi connectivity index (χ3v) is 8.73. The third kappa shape index (κ3) is 7.00. The molecule has 0 aliphatic heterocycles. The molecule has 3 aromatic carbocycles. The lowest BCUT2D eigenvalue weighted by molar-refractivity contribution is -0.138. The summed E-state index contributed by atoms with van der Waals surface area (Å²) in [5, 5.41) is 19.2. The maximum Gasteiger partial charge on any atom is 0.416 e. The molecule has 0 amide bonds. The van der Waals surface area contributed by atoms with Crippen LogP contribution in [0.1, 0.15) is 32.0 Å². The van der Waals surface area contributed by atoms with E-state index in [0.717, 1.165) is 54.9 Å². The summed E-state index contributed by atoms with van der Waals surface area (Å²) in [6.07, 6.45) is -5.61. The number of halogens is 6. The van der Waals surface area contributed by atoms with Gasteiger partial charge in [0.2, 0.25) is 0 Å². The summed E-state index contributed by atoms with van der Waals surface area (Å²) in [7, 11) is 0. The summed E-state index contributed by atoms with van der Waals surface area (Å²) in [4.78, 5) is 3.43. The van der Waals surface area contributed by atoms with Gasteiger partial charge in [-0.3, -0.25) is 0 Å². The first-order valence-electron chi connectivity index (χ1n) is 12.8. The van der Waals surface area contributed by atoms with Gasteiger partial charge in [0.15, 0.2) is 0 Å². The molecule has 0 atom stereocenters. The van der Waals surface area contributed by atoms with Crippen molar-refractivity contribution in [3.63, 3.8) is 0 Å². The lowest BCUT2D eigenvalue weighted by Gasteiger charge is -2.07. The van der Waals surface area contributed by atoms with E-state index in [0.29, 0.717) is 11.1 Å². The molecule has 0 N–H and O–H groups in total.